The summed E-state index contributed by atoms with van der Waals surface area (Å²) < 4.78 is 0. The lowest BCUT2D eigenvalue weighted by atomic mass is 10.2. The number of carboxylic acid groups (broad SMARTS) is 1. The van der Waals surface area contributed by atoms with Crippen molar-refractivity contribution in [2.75, 3.05) is 6.54 Å². The van der Waals surface area contributed by atoms with E-state index in [1.54, 1.807) is 0 Å². The third kappa shape index (κ3) is 2.23. The summed E-state index contributed by atoms with van der Waals surface area (Å²) in [6.07, 6.45) is 3.17. The van der Waals surface area contributed by atoms with Crippen LogP contribution in [-0.4, -0.2) is 55.6 Å². The first kappa shape index (κ1) is 11.5. The topological polar surface area (TPSA) is 104 Å². The largest absolute Gasteiger partial charge is 0.480 e. The Balaban J connectivity index is 2.22. The highest BCUT2D eigenvalue weighted by atomic mass is 16.4. The summed E-state index contributed by atoms with van der Waals surface area (Å²) in [6.45, 7) is 0.0185. The van der Waals surface area contributed by atoms with Crippen LogP contribution in [0, 0.1) is 0 Å². The van der Waals surface area contributed by atoms with Crippen molar-refractivity contribution in [1.82, 2.24) is 14.9 Å². The summed E-state index contributed by atoms with van der Waals surface area (Å²) in [4.78, 5) is 31.5. The molecule has 7 nitrogen and oxygen atoms in total. The summed E-state index contributed by atoms with van der Waals surface area (Å²) >= 11 is 0. The van der Waals surface area contributed by atoms with Crippen LogP contribution in [0.15, 0.2) is 18.7 Å². The molecule has 1 amide bonds. The van der Waals surface area contributed by atoms with Gasteiger partial charge < -0.3 is 15.1 Å². The monoisotopic (exact) mass is 237 g/mol. The lowest BCUT2D eigenvalue weighted by Gasteiger charge is -2.20. The van der Waals surface area contributed by atoms with Gasteiger partial charge in [-0.2, -0.15) is 0 Å². The van der Waals surface area contributed by atoms with Crippen molar-refractivity contribution in [2.45, 2.75) is 18.6 Å². The maximum absolute atomic E-state index is 12.0. The van der Waals surface area contributed by atoms with Gasteiger partial charge in [0, 0.05) is 25.4 Å². The molecule has 2 N–H and O–H groups in total. The van der Waals surface area contributed by atoms with Crippen LogP contribution in [0.1, 0.15) is 16.8 Å². The highest BCUT2D eigenvalue weighted by Crippen LogP contribution is 2.20. The van der Waals surface area contributed by atoms with Gasteiger partial charge in [0.2, 0.25) is 0 Å². The number of nitrogens with zero attached hydrogens (tertiary/aromatic N) is 3. The minimum absolute atomic E-state index is 0.0185. The van der Waals surface area contributed by atoms with Gasteiger partial charge in [-0.05, 0) is 0 Å². The number of rotatable bonds is 2. The molecule has 7 heteroatoms. The molecular formula is C10H11N3O4. The average molecular weight is 237 g/mol. The number of amides is 1. The Hall–Kier alpha value is -2.02. The number of carbonyl (C=O) groups excluding carboxylic acids is 1. The Bertz CT molecular complexity index is 436. The zero-order chi connectivity index (χ0) is 12.4. The molecule has 0 bridgehead atoms. The van der Waals surface area contributed by atoms with Crippen LogP contribution in [0.4, 0.5) is 0 Å². The highest BCUT2D eigenvalue weighted by molar-refractivity contribution is 5.96. The van der Waals surface area contributed by atoms with Crippen molar-refractivity contribution in [2.24, 2.45) is 0 Å². The van der Waals surface area contributed by atoms with Crippen molar-refractivity contribution in [3.8, 4) is 0 Å². The van der Waals surface area contributed by atoms with Gasteiger partial charge in [0.05, 0.1) is 11.7 Å². The number of aliphatic hydroxyl groups excluding tert-OH is 1. The SMILES string of the molecule is O=C(O)[C@@H]1CC(O)CN1C(=O)c1cncnc1. The Labute approximate surface area is 96.7 Å². The average Bonchev–Trinajstić information content (AvgIpc) is 2.72. The van der Waals surface area contributed by atoms with E-state index in [1.165, 1.54) is 18.7 Å². The molecular weight excluding hydrogens is 226 g/mol. The highest BCUT2D eigenvalue weighted by Gasteiger charge is 2.39. The van der Waals surface area contributed by atoms with Gasteiger partial charge >= 0.3 is 5.97 Å². The fraction of sp³-hybridized carbons (Fsp3) is 0.400. The van der Waals surface area contributed by atoms with Crippen LogP contribution in [-0.2, 0) is 4.79 Å². The van der Waals surface area contributed by atoms with Crippen LogP contribution in [0.5, 0.6) is 0 Å². The van der Waals surface area contributed by atoms with Crippen LogP contribution in [0.2, 0.25) is 0 Å². The fourth-order valence-corrected chi connectivity index (χ4v) is 1.85. The van der Waals surface area contributed by atoms with Crippen LogP contribution < -0.4 is 0 Å². The molecule has 0 radical (unpaired) electrons. The molecule has 1 unspecified atom stereocenters. The van der Waals surface area contributed by atoms with E-state index >= 15 is 0 Å². The van der Waals surface area contributed by atoms with Crippen LogP contribution in [0.3, 0.4) is 0 Å². The van der Waals surface area contributed by atoms with Gasteiger partial charge in [0.15, 0.2) is 0 Å². The van der Waals surface area contributed by atoms with E-state index in [0.717, 1.165) is 4.90 Å². The summed E-state index contributed by atoms with van der Waals surface area (Å²) in [5.74, 6) is -1.60. The number of carboxylic acids is 1. The minimum atomic E-state index is -1.12. The van der Waals surface area contributed by atoms with Crippen molar-refractivity contribution in [3.05, 3.63) is 24.3 Å². The Kier molecular flexibility index (Phi) is 3.01. The molecule has 0 spiro atoms. The third-order valence-electron chi connectivity index (χ3n) is 2.63. The minimum Gasteiger partial charge on any atom is -0.480 e. The number of aliphatic carboxylic acids is 1. The molecule has 1 aliphatic heterocycles. The van der Waals surface area contributed by atoms with E-state index in [4.69, 9.17) is 5.11 Å². The second-order valence-corrected chi connectivity index (χ2v) is 3.83. The number of aliphatic hydroxyl groups is 1. The molecule has 2 rings (SSSR count). The predicted octanol–water partition coefficient (Wildman–Crippen LogP) is -0.863. The van der Waals surface area contributed by atoms with Gasteiger partial charge in [0.25, 0.3) is 5.91 Å². The normalized spacial score (nSPS) is 23.7. The van der Waals surface area contributed by atoms with Crippen LogP contribution in [0.25, 0.3) is 0 Å². The van der Waals surface area contributed by atoms with E-state index in [-0.39, 0.29) is 18.5 Å². The lowest BCUT2D eigenvalue weighted by Crippen LogP contribution is -2.40. The maximum Gasteiger partial charge on any atom is 0.326 e. The van der Waals surface area contributed by atoms with Gasteiger partial charge in [-0.25, -0.2) is 14.8 Å². The molecule has 1 aromatic rings. The first-order chi connectivity index (χ1) is 8.09. The zero-order valence-electron chi connectivity index (χ0n) is 8.85. The van der Waals surface area contributed by atoms with Crippen molar-refractivity contribution < 1.29 is 19.8 Å². The fourth-order valence-electron chi connectivity index (χ4n) is 1.85. The molecule has 1 saturated heterocycles. The summed E-state index contributed by atoms with van der Waals surface area (Å²) in [7, 11) is 0. The lowest BCUT2D eigenvalue weighted by molar-refractivity contribution is -0.141. The molecule has 1 fully saturated rings. The maximum atomic E-state index is 12.0. The molecule has 90 valence electrons. The van der Waals surface area contributed by atoms with Crippen molar-refractivity contribution in [3.63, 3.8) is 0 Å². The number of hydrogen-bond donors (Lipinski definition) is 2. The first-order valence-electron chi connectivity index (χ1n) is 5.06. The number of aromatic nitrogens is 2. The molecule has 0 saturated carbocycles. The molecule has 17 heavy (non-hydrogen) atoms. The Morgan fingerprint density at radius 3 is 2.59 bits per heavy atom. The zero-order valence-corrected chi connectivity index (χ0v) is 8.85. The van der Waals surface area contributed by atoms with E-state index < -0.39 is 24.0 Å². The van der Waals surface area contributed by atoms with Gasteiger partial charge in [-0.15, -0.1) is 0 Å². The second-order valence-electron chi connectivity index (χ2n) is 3.83. The summed E-state index contributed by atoms with van der Waals surface area (Å²) in [5.41, 5.74) is 0.216. The Morgan fingerprint density at radius 2 is 2.00 bits per heavy atom. The second kappa shape index (κ2) is 4.46. The van der Waals surface area contributed by atoms with Gasteiger partial charge in [0.1, 0.15) is 12.4 Å². The van der Waals surface area contributed by atoms with Gasteiger partial charge in [-0.3, -0.25) is 4.79 Å². The molecule has 0 aromatic carbocycles. The summed E-state index contributed by atoms with van der Waals surface area (Å²) in [6, 6.07) is -0.988. The Morgan fingerprint density at radius 1 is 1.35 bits per heavy atom. The molecule has 2 heterocycles. The molecule has 2 atom stereocenters. The third-order valence-corrected chi connectivity index (χ3v) is 2.63. The van der Waals surface area contributed by atoms with Crippen molar-refractivity contribution >= 4 is 11.9 Å². The summed E-state index contributed by atoms with van der Waals surface area (Å²) in [5, 5.41) is 18.4. The predicted molar refractivity (Wildman–Crippen MR) is 55.1 cm³/mol. The molecule has 0 aliphatic carbocycles. The van der Waals surface area contributed by atoms with E-state index in [9.17, 15) is 14.7 Å². The van der Waals surface area contributed by atoms with Crippen molar-refractivity contribution in [1.29, 1.82) is 0 Å². The van der Waals surface area contributed by atoms with E-state index in [0.29, 0.717) is 0 Å². The molecule has 1 aromatic heterocycles. The number of carbonyl (C=O) groups is 2. The number of hydrogen-bond acceptors (Lipinski definition) is 5. The number of likely N-dealkylation sites (tertiary alicyclic amines) is 1. The standard InChI is InChI=1S/C10H11N3O4/c14-7-1-8(10(16)17)13(4-7)9(15)6-2-11-5-12-3-6/h2-3,5,7-8,14H,1,4H2,(H,16,17)/t7?,8-/m0/s1. The van der Waals surface area contributed by atoms with Gasteiger partial charge in [-0.1, -0.05) is 0 Å². The first-order valence-corrected chi connectivity index (χ1v) is 5.06. The quantitative estimate of drug-likeness (QED) is 0.693. The smallest absolute Gasteiger partial charge is 0.326 e. The van der Waals surface area contributed by atoms with E-state index in [2.05, 4.69) is 9.97 Å². The molecule has 1 aliphatic rings. The van der Waals surface area contributed by atoms with E-state index in [1.807, 2.05) is 0 Å². The number of β-amino-alcohol motifs (C(OH)–C–C–N with tert-alkyl or cyclic N) is 1. The van der Waals surface area contributed by atoms with Crippen LogP contribution >= 0.6 is 0 Å².